The van der Waals surface area contributed by atoms with Gasteiger partial charge in [0.25, 0.3) is 0 Å². The number of nitrogens with zero attached hydrogens (tertiary/aromatic N) is 1. The molecule has 1 saturated heterocycles. The van der Waals surface area contributed by atoms with E-state index in [9.17, 15) is 26.4 Å². The van der Waals surface area contributed by atoms with Gasteiger partial charge in [-0.3, -0.25) is 4.79 Å². The molecule has 1 aliphatic rings. The van der Waals surface area contributed by atoms with Gasteiger partial charge in [0, 0.05) is 31.6 Å². The molecule has 1 N–H and O–H groups in total. The van der Waals surface area contributed by atoms with Crippen LogP contribution in [0.3, 0.4) is 0 Å². The second kappa shape index (κ2) is 9.69. The van der Waals surface area contributed by atoms with Crippen molar-refractivity contribution in [2.75, 3.05) is 13.1 Å². The molecule has 6 nitrogen and oxygen atoms in total. The van der Waals surface area contributed by atoms with Gasteiger partial charge in [0.1, 0.15) is 5.75 Å². The number of rotatable bonds is 8. The number of aryl methyl sites for hydroxylation is 1. The molecule has 2 aromatic carbocycles. The molecule has 1 amide bonds. The van der Waals surface area contributed by atoms with Gasteiger partial charge in [0.05, 0.1) is 4.90 Å². The Labute approximate surface area is 179 Å². The number of sulfonamides is 1. The summed E-state index contributed by atoms with van der Waals surface area (Å²) in [7, 11) is -3.48. The fourth-order valence-electron chi connectivity index (χ4n) is 3.32. The number of alkyl halides is 3. The lowest BCUT2D eigenvalue weighted by molar-refractivity contribution is -0.274. The molecule has 10 heteroatoms. The van der Waals surface area contributed by atoms with E-state index >= 15 is 0 Å². The molecule has 1 aliphatic heterocycles. The Morgan fingerprint density at radius 2 is 1.68 bits per heavy atom. The molecule has 0 bridgehead atoms. The maximum absolute atomic E-state index is 12.5. The molecular weight excluding hydrogens is 433 g/mol. The zero-order chi connectivity index (χ0) is 22.5. The number of benzene rings is 2. The first-order chi connectivity index (χ1) is 14.6. The molecule has 168 valence electrons. The average Bonchev–Trinajstić information content (AvgIpc) is 3.27. The quantitative estimate of drug-likeness (QED) is 0.659. The molecule has 0 aromatic heterocycles. The Kier molecular flexibility index (Phi) is 7.22. The van der Waals surface area contributed by atoms with Crippen molar-refractivity contribution in [3.8, 4) is 5.75 Å². The summed E-state index contributed by atoms with van der Waals surface area (Å²) >= 11 is 0. The van der Waals surface area contributed by atoms with E-state index < -0.39 is 16.4 Å². The Balaban J connectivity index is 1.51. The van der Waals surface area contributed by atoms with E-state index in [-0.39, 0.29) is 35.1 Å². The molecule has 1 fully saturated rings. The molecule has 0 unspecified atom stereocenters. The molecule has 0 saturated carbocycles. The van der Waals surface area contributed by atoms with Crippen molar-refractivity contribution >= 4 is 15.9 Å². The van der Waals surface area contributed by atoms with Gasteiger partial charge in [0.15, 0.2) is 0 Å². The minimum absolute atomic E-state index is 0.0991. The topological polar surface area (TPSA) is 75.7 Å². The molecule has 0 spiro atoms. The van der Waals surface area contributed by atoms with Crippen molar-refractivity contribution in [2.24, 2.45) is 0 Å². The van der Waals surface area contributed by atoms with Crippen LogP contribution in [0.5, 0.6) is 5.75 Å². The van der Waals surface area contributed by atoms with Crippen molar-refractivity contribution in [2.45, 2.75) is 43.5 Å². The third-order valence-electron chi connectivity index (χ3n) is 4.94. The fourth-order valence-corrected chi connectivity index (χ4v) is 4.84. The van der Waals surface area contributed by atoms with E-state index in [0.29, 0.717) is 19.5 Å². The lowest BCUT2D eigenvalue weighted by Gasteiger charge is -2.15. The van der Waals surface area contributed by atoms with Crippen molar-refractivity contribution in [3.05, 3.63) is 59.7 Å². The first-order valence-electron chi connectivity index (χ1n) is 9.84. The van der Waals surface area contributed by atoms with E-state index in [4.69, 9.17) is 0 Å². The van der Waals surface area contributed by atoms with E-state index in [1.54, 1.807) is 18.2 Å². The standard InChI is InChI=1S/C21H23F3N2O4S/c22-21(23,24)30-19-6-2-1-5-17(19)15-25-20(27)12-9-16-7-10-18(11-8-16)31(28,29)26-13-3-4-14-26/h1-2,5-8,10-11H,3-4,9,12-15H2,(H,25,27). The van der Waals surface area contributed by atoms with Gasteiger partial charge in [-0.25, -0.2) is 8.42 Å². The number of para-hydroxylation sites is 1. The number of carbonyl (C=O) groups excluding carboxylic acids is 1. The van der Waals surface area contributed by atoms with Gasteiger partial charge in [0.2, 0.25) is 15.9 Å². The first kappa shape index (κ1) is 23.1. The van der Waals surface area contributed by atoms with Crippen LogP contribution < -0.4 is 10.1 Å². The normalized spacial score (nSPS) is 15.1. The molecule has 0 atom stereocenters. The molecule has 1 heterocycles. The lowest BCUT2D eigenvalue weighted by atomic mass is 10.1. The van der Waals surface area contributed by atoms with E-state index in [1.165, 1.54) is 34.6 Å². The van der Waals surface area contributed by atoms with Crippen LogP contribution in [0.1, 0.15) is 30.4 Å². The summed E-state index contributed by atoms with van der Waals surface area (Å²) in [6.07, 6.45) is -2.61. The van der Waals surface area contributed by atoms with Gasteiger partial charge < -0.3 is 10.1 Å². The summed E-state index contributed by atoms with van der Waals surface area (Å²) in [5, 5.41) is 2.58. The van der Waals surface area contributed by atoms with E-state index in [1.807, 2.05) is 0 Å². The lowest BCUT2D eigenvalue weighted by Crippen LogP contribution is -2.27. The highest BCUT2D eigenvalue weighted by Crippen LogP contribution is 2.26. The van der Waals surface area contributed by atoms with Crippen molar-refractivity contribution in [3.63, 3.8) is 0 Å². The third kappa shape index (κ3) is 6.44. The average molecular weight is 456 g/mol. The van der Waals surface area contributed by atoms with Gasteiger partial charge in [-0.2, -0.15) is 4.31 Å². The Morgan fingerprint density at radius 3 is 2.32 bits per heavy atom. The van der Waals surface area contributed by atoms with Crippen LogP contribution in [0.15, 0.2) is 53.4 Å². The van der Waals surface area contributed by atoms with Crippen LogP contribution in [-0.4, -0.2) is 38.1 Å². The van der Waals surface area contributed by atoms with Crippen molar-refractivity contribution in [1.29, 1.82) is 0 Å². The molecular formula is C21H23F3N2O4S. The summed E-state index contributed by atoms with van der Waals surface area (Å²) in [5.74, 6) is -0.694. The molecule has 2 aromatic rings. The third-order valence-corrected chi connectivity index (χ3v) is 6.85. The van der Waals surface area contributed by atoms with E-state index in [0.717, 1.165) is 18.4 Å². The zero-order valence-corrected chi connectivity index (χ0v) is 17.5. The monoisotopic (exact) mass is 456 g/mol. The summed E-state index contributed by atoms with van der Waals surface area (Å²) in [4.78, 5) is 12.3. The van der Waals surface area contributed by atoms with Crippen LogP contribution in [0.4, 0.5) is 13.2 Å². The summed E-state index contributed by atoms with van der Waals surface area (Å²) in [6.45, 7) is 0.959. The molecule has 31 heavy (non-hydrogen) atoms. The predicted molar refractivity (Wildman–Crippen MR) is 108 cm³/mol. The minimum Gasteiger partial charge on any atom is -0.405 e. The van der Waals surface area contributed by atoms with Crippen LogP contribution in [0.25, 0.3) is 0 Å². The van der Waals surface area contributed by atoms with Gasteiger partial charge in [-0.15, -0.1) is 13.2 Å². The summed E-state index contributed by atoms with van der Waals surface area (Å²) in [6, 6.07) is 12.0. The van der Waals surface area contributed by atoms with E-state index in [2.05, 4.69) is 10.1 Å². The van der Waals surface area contributed by atoms with Gasteiger partial charge in [-0.05, 0) is 43.0 Å². The highest BCUT2D eigenvalue weighted by molar-refractivity contribution is 7.89. The number of halogens is 3. The zero-order valence-electron chi connectivity index (χ0n) is 16.7. The summed E-state index contributed by atoms with van der Waals surface area (Å²) in [5.41, 5.74) is 1.00. The molecule has 3 rings (SSSR count). The highest BCUT2D eigenvalue weighted by atomic mass is 32.2. The highest BCUT2D eigenvalue weighted by Gasteiger charge is 2.32. The first-order valence-corrected chi connectivity index (χ1v) is 11.3. The Hall–Kier alpha value is -2.59. The second-order valence-electron chi connectivity index (χ2n) is 7.19. The van der Waals surface area contributed by atoms with Crippen LogP contribution in [0, 0.1) is 0 Å². The number of carbonyl (C=O) groups is 1. The number of nitrogens with one attached hydrogen (secondary N) is 1. The van der Waals surface area contributed by atoms with Crippen LogP contribution in [-0.2, 0) is 27.8 Å². The minimum atomic E-state index is -4.81. The smallest absolute Gasteiger partial charge is 0.405 e. The van der Waals surface area contributed by atoms with Crippen molar-refractivity contribution < 1.29 is 31.1 Å². The number of amides is 1. The maximum atomic E-state index is 12.5. The fraction of sp³-hybridized carbons (Fsp3) is 0.381. The number of hydrogen-bond acceptors (Lipinski definition) is 4. The Bertz CT molecular complexity index is 1000. The molecule has 0 radical (unpaired) electrons. The second-order valence-corrected chi connectivity index (χ2v) is 9.13. The van der Waals surface area contributed by atoms with Gasteiger partial charge >= 0.3 is 6.36 Å². The molecule has 0 aliphatic carbocycles. The van der Waals surface area contributed by atoms with Crippen molar-refractivity contribution in [1.82, 2.24) is 9.62 Å². The predicted octanol–water partition coefficient (Wildman–Crippen LogP) is 3.62. The number of ether oxygens (including phenoxy) is 1. The van der Waals surface area contributed by atoms with Crippen LogP contribution >= 0.6 is 0 Å². The summed E-state index contributed by atoms with van der Waals surface area (Å²) < 4.78 is 67.9. The van der Waals surface area contributed by atoms with Crippen LogP contribution in [0.2, 0.25) is 0 Å². The van der Waals surface area contributed by atoms with Gasteiger partial charge in [-0.1, -0.05) is 30.3 Å². The number of hydrogen-bond donors (Lipinski definition) is 1. The SMILES string of the molecule is O=C(CCc1ccc(S(=O)(=O)N2CCCC2)cc1)NCc1ccccc1OC(F)(F)F. The maximum Gasteiger partial charge on any atom is 0.573 e. The largest absolute Gasteiger partial charge is 0.573 e. The Morgan fingerprint density at radius 1 is 1.03 bits per heavy atom.